The Morgan fingerprint density at radius 1 is 1.53 bits per heavy atom. The molecule has 0 amide bonds. The average molecular weight is 274 g/mol. The van der Waals surface area contributed by atoms with Crippen LogP contribution in [0.15, 0.2) is 29.6 Å². The van der Waals surface area contributed by atoms with Gasteiger partial charge in [-0.3, -0.25) is 4.79 Å². The van der Waals surface area contributed by atoms with Crippen LogP contribution in [0.3, 0.4) is 0 Å². The predicted molar refractivity (Wildman–Crippen MR) is 74.9 cm³/mol. The van der Waals surface area contributed by atoms with Crippen LogP contribution in [0.1, 0.15) is 10.7 Å². The Morgan fingerprint density at radius 2 is 2.37 bits per heavy atom. The van der Waals surface area contributed by atoms with E-state index in [1.807, 2.05) is 36.6 Å². The standard InChI is InChI=1S/C14H14N2O2S/c1-9-16-10(8-19-9)6-12(17)14-7-15-11-4-2-3-5-13(11)18-14/h2-5,8,14-15H,6-7H2,1H3. The molecule has 1 aromatic carbocycles. The lowest BCUT2D eigenvalue weighted by atomic mass is 10.1. The van der Waals surface area contributed by atoms with Crippen LogP contribution in [0.4, 0.5) is 5.69 Å². The van der Waals surface area contributed by atoms with Crippen molar-refractivity contribution in [2.45, 2.75) is 19.4 Å². The van der Waals surface area contributed by atoms with Crippen molar-refractivity contribution in [2.75, 3.05) is 11.9 Å². The zero-order chi connectivity index (χ0) is 13.2. The zero-order valence-corrected chi connectivity index (χ0v) is 11.4. The molecule has 1 aliphatic heterocycles. The average Bonchev–Trinajstić information content (AvgIpc) is 2.83. The van der Waals surface area contributed by atoms with Crippen LogP contribution in [0.25, 0.3) is 0 Å². The maximum atomic E-state index is 12.2. The Kier molecular flexibility index (Phi) is 3.21. The van der Waals surface area contributed by atoms with Crippen molar-refractivity contribution in [3.63, 3.8) is 0 Å². The molecule has 1 unspecified atom stereocenters. The second kappa shape index (κ2) is 5.01. The lowest BCUT2D eigenvalue weighted by Crippen LogP contribution is -2.38. The first kappa shape index (κ1) is 12.2. The molecule has 2 aromatic rings. The molecule has 0 saturated carbocycles. The molecule has 3 rings (SSSR count). The molecular weight excluding hydrogens is 260 g/mol. The molecule has 1 N–H and O–H groups in total. The van der Waals surface area contributed by atoms with E-state index >= 15 is 0 Å². The largest absolute Gasteiger partial charge is 0.479 e. The zero-order valence-electron chi connectivity index (χ0n) is 10.6. The number of Topliss-reactive ketones (excluding diaryl/α,β-unsaturated/α-hetero) is 1. The number of ether oxygens (including phenoxy) is 1. The Balaban J connectivity index is 1.69. The number of fused-ring (bicyclic) bond motifs is 1. The Morgan fingerprint density at radius 3 is 3.16 bits per heavy atom. The molecule has 1 atom stereocenters. The van der Waals surface area contributed by atoms with Gasteiger partial charge < -0.3 is 10.1 Å². The summed E-state index contributed by atoms with van der Waals surface area (Å²) in [7, 11) is 0. The summed E-state index contributed by atoms with van der Waals surface area (Å²) in [6, 6.07) is 7.65. The second-order valence-corrected chi connectivity index (χ2v) is 5.55. The van der Waals surface area contributed by atoms with Crippen molar-refractivity contribution in [2.24, 2.45) is 0 Å². The smallest absolute Gasteiger partial charge is 0.181 e. The van der Waals surface area contributed by atoms with E-state index in [4.69, 9.17) is 4.74 Å². The lowest BCUT2D eigenvalue weighted by molar-refractivity contribution is -0.124. The summed E-state index contributed by atoms with van der Waals surface area (Å²) >= 11 is 1.56. The summed E-state index contributed by atoms with van der Waals surface area (Å²) in [4.78, 5) is 16.5. The van der Waals surface area contributed by atoms with E-state index in [9.17, 15) is 4.79 Å². The second-order valence-electron chi connectivity index (χ2n) is 4.48. The number of hydrogen-bond acceptors (Lipinski definition) is 5. The van der Waals surface area contributed by atoms with Gasteiger partial charge >= 0.3 is 0 Å². The van der Waals surface area contributed by atoms with Crippen molar-refractivity contribution in [1.29, 1.82) is 0 Å². The summed E-state index contributed by atoms with van der Waals surface area (Å²) in [5, 5.41) is 6.13. The van der Waals surface area contributed by atoms with Gasteiger partial charge in [-0.1, -0.05) is 12.1 Å². The first-order valence-electron chi connectivity index (χ1n) is 6.15. The molecular formula is C14H14N2O2S. The molecule has 98 valence electrons. The van der Waals surface area contributed by atoms with Gasteiger partial charge in [-0.05, 0) is 19.1 Å². The van der Waals surface area contributed by atoms with Gasteiger partial charge in [0.05, 0.1) is 29.4 Å². The van der Waals surface area contributed by atoms with E-state index in [1.54, 1.807) is 11.3 Å². The molecule has 4 nitrogen and oxygen atoms in total. The molecule has 0 bridgehead atoms. The summed E-state index contributed by atoms with van der Waals surface area (Å²) in [5.74, 6) is 0.800. The molecule has 0 radical (unpaired) electrons. The monoisotopic (exact) mass is 274 g/mol. The van der Waals surface area contributed by atoms with Crippen LogP contribution in [0.5, 0.6) is 5.75 Å². The van der Waals surface area contributed by atoms with Crippen molar-refractivity contribution in [3.05, 3.63) is 40.3 Å². The maximum Gasteiger partial charge on any atom is 0.181 e. The van der Waals surface area contributed by atoms with Crippen LogP contribution in [-0.2, 0) is 11.2 Å². The fourth-order valence-corrected chi connectivity index (χ4v) is 2.69. The topological polar surface area (TPSA) is 51.2 Å². The number of nitrogens with one attached hydrogen (secondary N) is 1. The van der Waals surface area contributed by atoms with E-state index in [0.717, 1.165) is 22.1 Å². The number of anilines is 1. The number of carbonyl (C=O) groups excluding carboxylic acids is 1. The lowest BCUT2D eigenvalue weighted by Gasteiger charge is -2.26. The number of thiazole rings is 1. The number of rotatable bonds is 3. The Bertz CT molecular complexity index is 609. The van der Waals surface area contributed by atoms with Gasteiger partial charge in [0.15, 0.2) is 11.9 Å². The third kappa shape index (κ3) is 2.61. The summed E-state index contributed by atoms with van der Waals surface area (Å²) < 4.78 is 5.74. The third-order valence-electron chi connectivity index (χ3n) is 3.02. The molecule has 19 heavy (non-hydrogen) atoms. The molecule has 5 heteroatoms. The summed E-state index contributed by atoms with van der Waals surface area (Å²) in [5.41, 5.74) is 1.77. The molecule has 0 saturated heterocycles. The van der Waals surface area contributed by atoms with Gasteiger partial charge in [-0.2, -0.15) is 0 Å². The van der Waals surface area contributed by atoms with Gasteiger partial charge in [-0.25, -0.2) is 4.98 Å². The number of aryl methyl sites for hydroxylation is 1. The van der Waals surface area contributed by atoms with Gasteiger partial charge in [-0.15, -0.1) is 11.3 Å². The minimum Gasteiger partial charge on any atom is -0.479 e. The Hall–Kier alpha value is -1.88. The van der Waals surface area contributed by atoms with E-state index in [1.165, 1.54) is 0 Å². The molecule has 0 spiro atoms. The number of nitrogens with zero attached hydrogens (tertiary/aromatic N) is 1. The van der Waals surface area contributed by atoms with Crippen LogP contribution < -0.4 is 10.1 Å². The van der Waals surface area contributed by atoms with Crippen LogP contribution >= 0.6 is 11.3 Å². The van der Waals surface area contributed by atoms with Gasteiger partial charge in [0, 0.05) is 5.38 Å². The van der Waals surface area contributed by atoms with Crippen LogP contribution in [0.2, 0.25) is 0 Å². The number of carbonyl (C=O) groups is 1. The fraction of sp³-hybridized carbons (Fsp3) is 0.286. The molecule has 0 aliphatic carbocycles. The highest BCUT2D eigenvalue weighted by Gasteiger charge is 2.25. The minimum absolute atomic E-state index is 0.0623. The van der Waals surface area contributed by atoms with Crippen molar-refractivity contribution in [1.82, 2.24) is 4.98 Å². The quantitative estimate of drug-likeness (QED) is 0.934. The third-order valence-corrected chi connectivity index (χ3v) is 3.84. The Labute approximate surface area is 115 Å². The number of para-hydroxylation sites is 2. The molecule has 1 aliphatic rings. The molecule has 0 fully saturated rings. The van der Waals surface area contributed by atoms with Crippen molar-refractivity contribution >= 4 is 22.8 Å². The first-order valence-corrected chi connectivity index (χ1v) is 7.03. The SMILES string of the molecule is Cc1nc(CC(=O)C2CNc3ccccc3O2)cs1. The van der Waals surface area contributed by atoms with E-state index in [-0.39, 0.29) is 5.78 Å². The van der Waals surface area contributed by atoms with Gasteiger partial charge in [0.1, 0.15) is 5.75 Å². The molecule has 1 aromatic heterocycles. The normalized spacial score (nSPS) is 17.2. The maximum absolute atomic E-state index is 12.2. The van der Waals surface area contributed by atoms with Crippen molar-refractivity contribution in [3.8, 4) is 5.75 Å². The predicted octanol–water partition coefficient (Wildman–Crippen LogP) is 2.44. The number of benzene rings is 1. The highest BCUT2D eigenvalue weighted by atomic mass is 32.1. The minimum atomic E-state index is -0.433. The van der Waals surface area contributed by atoms with Crippen LogP contribution in [-0.4, -0.2) is 23.4 Å². The van der Waals surface area contributed by atoms with Crippen LogP contribution in [0, 0.1) is 6.92 Å². The summed E-state index contributed by atoms with van der Waals surface area (Å²) in [6.45, 7) is 2.45. The van der Waals surface area contributed by atoms with E-state index < -0.39 is 6.10 Å². The number of hydrogen-bond donors (Lipinski definition) is 1. The highest BCUT2D eigenvalue weighted by molar-refractivity contribution is 7.09. The van der Waals surface area contributed by atoms with E-state index in [0.29, 0.717) is 13.0 Å². The summed E-state index contributed by atoms with van der Waals surface area (Å²) in [6.07, 6.45) is -0.101. The number of aromatic nitrogens is 1. The first-order chi connectivity index (χ1) is 9.22. The van der Waals surface area contributed by atoms with Crippen molar-refractivity contribution < 1.29 is 9.53 Å². The van der Waals surface area contributed by atoms with E-state index in [2.05, 4.69) is 10.3 Å². The van der Waals surface area contributed by atoms with Gasteiger partial charge in [0.2, 0.25) is 0 Å². The van der Waals surface area contributed by atoms with Gasteiger partial charge in [0.25, 0.3) is 0 Å². The molecule has 2 heterocycles. The fourth-order valence-electron chi connectivity index (χ4n) is 2.07. The highest BCUT2D eigenvalue weighted by Crippen LogP contribution is 2.28. The number of ketones is 1.